The van der Waals surface area contributed by atoms with Crippen LogP contribution in [0.4, 0.5) is 0 Å². The van der Waals surface area contributed by atoms with Gasteiger partial charge < -0.3 is 15.2 Å². The monoisotopic (exact) mass is 325 g/mol. The summed E-state index contributed by atoms with van der Waals surface area (Å²) in [5.41, 5.74) is 0.303. The second-order valence-electron chi connectivity index (χ2n) is 5.64. The Hall–Kier alpha value is -1.59. The number of benzene rings is 1. The molecule has 120 valence electrons. The third-order valence-corrected chi connectivity index (χ3v) is 4.11. The normalized spacial score (nSPS) is 17.0. The van der Waals surface area contributed by atoms with Crippen molar-refractivity contribution in [3.05, 3.63) is 34.9 Å². The number of hydrogen-bond acceptors (Lipinski definition) is 3. The van der Waals surface area contributed by atoms with E-state index in [1.807, 2.05) is 18.2 Å². The fourth-order valence-electron chi connectivity index (χ4n) is 2.71. The summed E-state index contributed by atoms with van der Waals surface area (Å²) >= 11 is 5.92. The van der Waals surface area contributed by atoms with Gasteiger partial charge in [-0.3, -0.25) is 9.59 Å². The minimum Gasteiger partial charge on any atom is -0.481 e. The predicted molar refractivity (Wildman–Crippen MR) is 83.0 cm³/mol. The molecule has 0 atom stereocenters. The zero-order valence-corrected chi connectivity index (χ0v) is 13.1. The molecule has 6 heteroatoms. The predicted octanol–water partition coefficient (Wildman–Crippen LogP) is 2.41. The largest absolute Gasteiger partial charge is 0.481 e. The SMILES string of the molecule is O=C(O)CC1(NC(=O)CCc2cccc(Cl)c2)CCOCC1. The van der Waals surface area contributed by atoms with Crippen LogP contribution in [0, 0.1) is 0 Å². The third kappa shape index (κ3) is 5.00. The molecule has 2 rings (SSSR count). The molecule has 0 bridgehead atoms. The average molecular weight is 326 g/mol. The highest BCUT2D eigenvalue weighted by atomic mass is 35.5. The van der Waals surface area contributed by atoms with E-state index in [0.717, 1.165) is 5.56 Å². The maximum absolute atomic E-state index is 12.2. The van der Waals surface area contributed by atoms with Gasteiger partial charge in [0.05, 0.1) is 12.0 Å². The molecule has 1 aliphatic heterocycles. The Bertz CT molecular complexity index is 541. The van der Waals surface area contributed by atoms with Crippen molar-refractivity contribution in [1.82, 2.24) is 5.32 Å². The number of aliphatic carboxylic acids is 1. The summed E-state index contributed by atoms with van der Waals surface area (Å²) < 4.78 is 5.27. The highest BCUT2D eigenvalue weighted by molar-refractivity contribution is 6.30. The summed E-state index contributed by atoms with van der Waals surface area (Å²) in [6.07, 6.45) is 1.87. The molecule has 5 nitrogen and oxygen atoms in total. The first-order valence-electron chi connectivity index (χ1n) is 7.34. The molecule has 0 saturated carbocycles. The number of ether oxygens (including phenoxy) is 1. The number of carbonyl (C=O) groups is 2. The van der Waals surface area contributed by atoms with Crippen LogP contribution >= 0.6 is 11.6 Å². The highest BCUT2D eigenvalue weighted by Crippen LogP contribution is 2.25. The summed E-state index contributed by atoms with van der Waals surface area (Å²) in [4.78, 5) is 23.2. The molecule has 0 radical (unpaired) electrons. The third-order valence-electron chi connectivity index (χ3n) is 3.87. The lowest BCUT2D eigenvalue weighted by Gasteiger charge is -2.36. The summed E-state index contributed by atoms with van der Waals surface area (Å²) in [5, 5.41) is 12.6. The van der Waals surface area contributed by atoms with Crippen molar-refractivity contribution in [3.8, 4) is 0 Å². The maximum Gasteiger partial charge on any atom is 0.305 e. The zero-order chi connectivity index (χ0) is 16.0. The van der Waals surface area contributed by atoms with Gasteiger partial charge in [-0.05, 0) is 37.0 Å². The summed E-state index contributed by atoms with van der Waals surface area (Å²) in [5.74, 6) is -1.04. The molecular weight excluding hydrogens is 306 g/mol. The number of carbonyl (C=O) groups excluding carboxylic acids is 1. The van der Waals surface area contributed by atoms with Crippen molar-refractivity contribution in [2.75, 3.05) is 13.2 Å². The average Bonchev–Trinajstić information content (AvgIpc) is 2.45. The first kappa shape index (κ1) is 16.8. The Kier molecular flexibility index (Phi) is 5.80. The van der Waals surface area contributed by atoms with Crippen LogP contribution in [-0.4, -0.2) is 35.7 Å². The van der Waals surface area contributed by atoms with Gasteiger partial charge in [0.2, 0.25) is 5.91 Å². The number of aryl methyl sites for hydroxylation is 1. The smallest absolute Gasteiger partial charge is 0.305 e. The van der Waals surface area contributed by atoms with Gasteiger partial charge in [0.15, 0.2) is 0 Å². The lowest BCUT2D eigenvalue weighted by molar-refractivity contribution is -0.140. The Morgan fingerprint density at radius 3 is 2.68 bits per heavy atom. The van der Waals surface area contributed by atoms with Gasteiger partial charge in [0.1, 0.15) is 0 Å². The molecule has 2 N–H and O–H groups in total. The van der Waals surface area contributed by atoms with Crippen LogP contribution in [0.5, 0.6) is 0 Å². The minimum atomic E-state index is -0.906. The second kappa shape index (κ2) is 7.61. The topological polar surface area (TPSA) is 75.6 Å². The van der Waals surface area contributed by atoms with Crippen LogP contribution in [0.1, 0.15) is 31.2 Å². The molecule has 22 heavy (non-hydrogen) atoms. The van der Waals surface area contributed by atoms with Crippen LogP contribution in [-0.2, 0) is 20.7 Å². The van der Waals surface area contributed by atoms with E-state index in [1.165, 1.54) is 0 Å². The quantitative estimate of drug-likeness (QED) is 0.842. The Morgan fingerprint density at radius 2 is 2.05 bits per heavy atom. The van der Waals surface area contributed by atoms with E-state index < -0.39 is 11.5 Å². The van der Waals surface area contributed by atoms with Crippen molar-refractivity contribution in [1.29, 1.82) is 0 Å². The maximum atomic E-state index is 12.2. The molecule has 0 aliphatic carbocycles. The minimum absolute atomic E-state index is 0.0702. The number of halogens is 1. The molecule has 1 aromatic carbocycles. The van der Waals surface area contributed by atoms with Crippen molar-refractivity contribution in [2.45, 2.75) is 37.6 Å². The lowest BCUT2D eigenvalue weighted by Crippen LogP contribution is -2.53. The van der Waals surface area contributed by atoms with Gasteiger partial charge in [-0.2, -0.15) is 0 Å². The standard InChI is InChI=1S/C16H20ClNO4/c17-13-3-1-2-12(10-13)4-5-14(19)18-16(11-15(20)21)6-8-22-9-7-16/h1-3,10H,4-9,11H2,(H,18,19)(H,20,21). The first-order valence-corrected chi connectivity index (χ1v) is 7.72. The van der Waals surface area contributed by atoms with E-state index in [0.29, 0.717) is 43.9 Å². The second-order valence-corrected chi connectivity index (χ2v) is 6.08. The van der Waals surface area contributed by atoms with Gasteiger partial charge in [-0.25, -0.2) is 0 Å². The van der Waals surface area contributed by atoms with Gasteiger partial charge in [0, 0.05) is 24.7 Å². The fraction of sp³-hybridized carbons (Fsp3) is 0.500. The molecule has 0 spiro atoms. The van der Waals surface area contributed by atoms with Crippen molar-refractivity contribution in [2.24, 2.45) is 0 Å². The number of carboxylic acids is 1. The van der Waals surface area contributed by atoms with E-state index in [4.69, 9.17) is 21.4 Å². The summed E-state index contributed by atoms with van der Waals surface area (Å²) in [6.45, 7) is 0.948. The number of amides is 1. The Balaban J connectivity index is 1.92. The number of rotatable bonds is 6. The number of hydrogen-bond donors (Lipinski definition) is 2. The van der Waals surface area contributed by atoms with Gasteiger partial charge >= 0.3 is 5.97 Å². The zero-order valence-electron chi connectivity index (χ0n) is 12.3. The van der Waals surface area contributed by atoms with Crippen LogP contribution in [0.15, 0.2) is 24.3 Å². The van der Waals surface area contributed by atoms with Gasteiger partial charge in [-0.1, -0.05) is 23.7 Å². The highest BCUT2D eigenvalue weighted by Gasteiger charge is 2.36. The summed E-state index contributed by atoms with van der Waals surface area (Å²) in [6, 6.07) is 7.38. The van der Waals surface area contributed by atoms with Crippen molar-refractivity contribution in [3.63, 3.8) is 0 Å². The van der Waals surface area contributed by atoms with E-state index in [9.17, 15) is 9.59 Å². The fourth-order valence-corrected chi connectivity index (χ4v) is 2.92. The summed E-state index contributed by atoms with van der Waals surface area (Å²) in [7, 11) is 0. The molecule has 1 fully saturated rings. The first-order chi connectivity index (χ1) is 10.5. The molecular formula is C16H20ClNO4. The molecule has 1 amide bonds. The Labute approximate surface area is 134 Å². The van der Waals surface area contributed by atoms with Gasteiger partial charge in [-0.15, -0.1) is 0 Å². The van der Waals surface area contributed by atoms with Crippen LogP contribution < -0.4 is 5.32 Å². The molecule has 0 unspecified atom stereocenters. The molecule has 1 saturated heterocycles. The molecule has 1 heterocycles. The molecule has 0 aromatic heterocycles. The van der Waals surface area contributed by atoms with Crippen molar-refractivity contribution < 1.29 is 19.4 Å². The van der Waals surface area contributed by atoms with Crippen molar-refractivity contribution >= 4 is 23.5 Å². The van der Waals surface area contributed by atoms with E-state index >= 15 is 0 Å². The number of carboxylic acid groups (broad SMARTS) is 1. The van der Waals surface area contributed by atoms with Crippen LogP contribution in [0.2, 0.25) is 5.02 Å². The lowest BCUT2D eigenvalue weighted by atomic mass is 9.86. The van der Waals surface area contributed by atoms with Crippen LogP contribution in [0.25, 0.3) is 0 Å². The van der Waals surface area contributed by atoms with Crippen LogP contribution in [0.3, 0.4) is 0 Å². The van der Waals surface area contributed by atoms with Gasteiger partial charge in [0.25, 0.3) is 0 Å². The van der Waals surface area contributed by atoms with E-state index in [2.05, 4.69) is 5.32 Å². The number of nitrogens with one attached hydrogen (secondary N) is 1. The molecule has 1 aliphatic rings. The van der Waals surface area contributed by atoms with E-state index in [-0.39, 0.29) is 12.3 Å². The molecule has 1 aromatic rings. The Morgan fingerprint density at radius 1 is 1.32 bits per heavy atom. The van der Waals surface area contributed by atoms with E-state index in [1.54, 1.807) is 6.07 Å².